The van der Waals surface area contributed by atoms with Crippen molar-refractivity contribution in [2.45, 2.75) is 44.9 Å². The molecule has 0 aromatic heterocycles. The van der Waals surface area contributed by atoms with Gasteiger partial charge in [-0.05, 0) is 49.9 Å². The maximum Gasteiger partial charge on any atom is 0.0433 e. The summed E-state index contributed by atoms with van der Waals surface area (Å²) in [6.07, 6.45) is 9.75. The van der Waals surface area contributed by atoms with Crippen molar-refractivity contribution >= 4 is 0 Å². The lowest BCUT2D eigenvalue weighted by Crippen LogP contribution is -2.25. The Balaban J connectivity index is 1.83. The van der Waals surface area contributed by atoms with E-state index in [4.69, 9.17) is 5.11 Å². The molecule has 1 nitrogen and oxygen atoms in total. The fraction of sp³-hybridized carbons (Fsp3) is 1.00. The molecule has 1 spiro atoms. The first-order valence-corrected chi connectivity index (χ1v) is 4.96. The molecule has 2 saturated carbocycles. The standard InChI is InChI=1S/C10H18O/c11-7-3-9-2-6-10(8-9)4-1-5-10/h9,11H,1-8H2. The second-order valence-electron chi connectivity index (χ2n) is 4.47. The minimum Gasteiger partial charge on any atom is -0.396 e. The van der Waals surface area contributed by atoms with Gasteiger partial charge in [-0.2, -0.15) is 0 Å². The van der Waals surface area contributed by atoms with Gasteiger partial charge in [0.05, 0.1) is 0 Å². The number of rotatable bonds is 2. The van der Waals surface area contributed by atoms with Crippen molar-refractivity contribution in [3.8, 4) is 0 Å². The second-order valence-corrected chi connectivity index (χ2v) is 4.47. The van der Waals surface area contributed by atoms with E-state index in [-0.39, 0.29) is 0 Å². The topological polar surface area (TPSA) is 20.2 Å². The molecular formula is C10H18O. The SMILES string of the molecule is OCCC1CCC2(CCC2)C1. The van der Waals surface area contributed by atoms with E-state index in [0.29, 0.717) is 6.61 Å². The third-order valence-corrected chi connectivity index (χ3v) is 3.76. The highest BCUT2D eigenvalue weighted by atomic mass is 16.3. The van der Waals surface area contributed by atoms with Crippen LogP contribution in [0.1, 0.15) is 44.9 Å². The van der Waals surface area contributed by atoms with Gasteiger partial charge in [0.25, 0.3) is 0 Å². The van der Waals surface area contributed by atoms with Crippen LogP contribution in [0.15, 0.2) is 0 Å². The summed E-state index contributed by atoms with van der Waals surface area (Å²) in [6, 6.07) is 0. The minimum absolute atomic E-state index is 0.404. The number of aliphatic hydroxyl groups is 1. The predicted octanol–water partition coefficient (Wildman–Crippen LogP) is 2.34. The van der Waals surface area contributed by atoms with Crippen molar-refractivity contribution in [3.63, 3.8) is 0 Å². The van der Waals surface area contributed by atoms with Gasteiger partial charge in [-0.15, -0.1) is 0 Å². The maximum absolute atomic E-state index is 8.79. The molecule has 1 atom stereocenters. The Labute approximate surface area is 68.8 Å². The molecule has 0 saturated heterocycles. The molecule has 0 aromatic carbocycles. The molecule has 2 aliphatic carbocycles. The van der Waals surface area contributed by atoms with Crippen LogP contribution in [0.4, 0.5) is 0 Å². The second kappa shape index (κ2) is 2.78. The summed E-state index contributed by atoms with van der Waals surface area (Å²) in [4.78, 5) is 0. The molecule has 0 radical (unpaired) electrons. The van der Waals surface area contributed by atoms with E-state index in [9.17, 15) is 0 Å². The lowest BCUT2D eigenvalue weighted by molar-refractivity contribution is 0.133. The molecule has 2 fully saturated rings. The fourth-order valence-electron chi connectivity index (χ4n) is 2.89. The van der Waals surface area contributed by atoms with Crippen LogP contribution >= 0.6 is 0 Å². The van der Waals surface area contributed by atoms with Crippen LogP contribution in [0, 0.1) is 11.3 Å². The van der Waals surface area contributed by atoms with E-state index in [1.54, 1.807) is 0 Å². The zero-order valence-corrected chi connectivity index (χ0v) is 7.18. The summed E-state index contributed by atoms with van der Waals surface area (Å²) >= 11 is 0. The van der Waals surface area contributed by atoms with Crippen molar-refractivity contribution in [3.05, 3.63) is 0 Å². The molecule has 1 N–H and O–H groups in total. The van der Waals surface area contributed by atoms with Crippen molar-refractivity contribution in [2.75, 3.05) is 6.61 Å². The zero-order chi connectivity index (χ0) is 7.73. The van der Waals surface area contributed by atoms with Gasteiger partial charge in [-0.25, -0.2) is 0 Å². The first-order valence-electron chi connectivity index (χ1n) is 4.96. The normalized spacial score (nSPS) is 34.1. The van der Waals surface area contributed by atoms with Gasteiger partial charge in [0.2, 0.25) is 0 Å². The van der Waals surface area contributed by atoms with Crippen LogP contribution in [-0.2, 0) is 0 Å². The molecule has 1 unspecified atom stereocenters. The van der Waals surface area contributed by atoms with Crippen molar-refractivity contribution in [1.82, 2.24) is 0 Å². The van der Waals surface area contributed by atoms with Gasteiger partial charge in [-0.1, -0.05) is 6.42 Å². The van der Waals surface area contributed by atoms with Gasteiger partial charge < -0.3 is 5.11 Å². The predicted molar refractivity (Wildman–Crippen MR) is 45.3 cm³/mol. The third kappa shape index (κ3) is 1.31. The Hall–Kier alpha value is -0.0400. The molecule has 0 heterocycles. The van der Waals surface area contributed by atoms with Crippen molar-refractivity contribution < 1.29 is 5.11 Å². The summed E-state index contributed by atoms with van der Waals surface area (Å²) in [7, 11) is 0. The average Bonchev–Trinajstić information content (AvgIpc) is 2.32. The van der Waals surface area contributed by atoms with Crippen molar-refractivity contribution in [1.29, 1.82) is 0 Å². The van der Waals surface area contributed by atoms with Gasteiger partial charge in [0.1, 0.15) is 0 Å². The van der Waals surface area contributed by atoms with E-state index in [0.717, 1.165) is 17.8 Å². The van der Waals surface area contributed by atoms with Crippen LogP contribution in [0.25, 0.3) is 0 Å². The van der Waals surface area contributed by atoms with E-state index in [1.165, 1.54) is 38.5 Å². The largest absolute Gasteiger partial charge is 0.396 e. The Morgan fingerprint density at radius 3 is 2.55 bits per heavy atom. The van der Waals surface area contributed by atoms with Crippen LogP contribution < -0.4 is 0 Å². The number of hydrogen-bond acceptors (Lipinski definition) is 1. The summed E-state index contributed by atoms with van der Waals surface area (Å²) in [5.41, 5.74) is 0.778. The van der Waals surface area contributed by atoms with E-state index < -0.39 is 0 Å². The quantitative estimate of drug-likeness (QED) is 0.647. The lowest BCUT2D eigenvalue weighted by atomic mass is 9.67. The molecule has 64 valence electrons. The molecule has 0 aliphatic heterocycles. The average molecular weight is 154 g/mol. The number of aliphatic hydroxyl groups excluding tert-OH is 1. The van der Waals surface area contributed by atoms with Crippen LogP contribution in [0.3, 0.4) is 0 Å². The van der Waals surface area contributed by atoms with E-state index in [2.05, 4.69) is 0 Å². The monoisotopic (exact) mass is 154 g/mol. The molecule has 2 aliphatic rings. The Bertz CT molecular complexity index is 138. The highest BCUT2D eigenvalue weighted by Crippen LogP contribution is 2.55. The van der Waals surface area contributed by atoms with Gasteiger partial charge in [0.15, 0.2) is 0 Å². The summed E-state index contributed by atoms with van der Waals surface area (Å²) < 4.78 is 0. The van der Waals surface area contributed by atoms with E-state index in [1.807, 2.05) is 0 Å². The first kappa shape index (κ1) is 7.60. The Morgan fingerprint density at radius 1 is 1.27 bits per heavy atom. The molecule has 1 heteroatoms. The lowest BCUT2D eigenvalue weighted by Gasteiger charge is -2.38. The molecule has 0 aromatic rings. The first-order chi connectivity index (χ1) is 5.35. The van der Waals surface area contributed by atoms with Crippen LogP contribution in [-0.4, -0.2) is 11.7 Å². The van der Waals surface area contributed by atoms with Crippen LogP contribution in [0.5, 0.6) is 0 Å². The maximum atomic E-state index is 8.79. The Kier molecular flexibility index (Phi) is 1.92. The number of hydrogen-bond donors (Lipinski definition) is 1. The van der Waals surface area contributed by atoms with Gasteiger partial charge in [0, 0.05) is 6.61 Å². The van der Waals surface area contributed by atoms with Gasteiger partial charge in [-0.3, -0.25) is 0 Å². The Morgan fingerprint density at radius 2 is 2.09 bits per heavy atom. The zero-order valence-electron chi connectivity index (χ0n) is 7.18. The highest BCUT2D eigenvalue weighted by molar-refractivity contribution is 4.94. The molecular weight excluding hydrogens is 136 g/mol. The van der Waals surface area contributed by atoms with E-state index >= 15 is 0 Å². The summed E-state index contributed by atoms with van der Waals surface area (Å²) in [5.74, 6) is 0.861. The fourth-order valence-corrected chi connectivity index (χ4v) is 2.89. The molecule has 0 amide bonds. The summed E-state index contributed by atoms with van der Waals surface area (Å²) in [5, 5.41) is 8.79. The minimum atomic E-state index is 0.404. The molecule has 11 heavy (non-hydrogen) atoms. The van der Waals surface area contributed by atoms with Crippen molar-refractivity contribution in [2.24, 2.45) is 11.3 Å². The highest BCUT2D eigenvalue weighted by Gasteiger charge is 2.42. The summed E-state index contributed by atoms with van der Waals surface area (Å²) in [6.45, 7) is 0.404. The molecule has 2 rings (SSSR count). The molecule has 0 bridgehead atoms. The van der Waals surface area contributed by atoms with Gasteiger partial charge >= 0.3 is 0 Å². The third-order valence-electron chi connectivity index (χ3n) is 3.76. The smallest absolute Gasteiger partial charge is 0.0433 e. The van der Waals surface area contributed by atoms with Crippen LogP contribution in [0.2, 0.25) is 0 Å².